The molecule has 0 saturated carbocycles. The minimum atomic E-state index is -0.281. The standard InChI is InChI=1S/C15H21FN2O/c1-10-8-11(4-5-13(10)16)14(19)18-7-6-12(17)9-15(18,2)3/h4-5,8,12H,6-7,9,17H2,1-3H3. The molecule has 1 unspecified atom stereocenters. The van der Waals surface area contributed by atoms with E-state index in [1.807, 2.05) is 18.7 Å². The number of nitrogens with zero attached hydrogens (tertiary/aromatic N) is 1. The molecule has 2 N–H and O–H groups in total. The molecule has 0 aromatic heterocycles. The molecule has 1 aromatic carbocycles. The van der Waals surface area contributed by atoms with Crippen molar-refractivity contribution in [2.75, 3.05) is 6.54 Å². The smallest absolute Gasteiger partial charge is 0.254 e. The molecule has 0 bridgehead atoms. The maximum Gasteiger partial charge on any atom is 0.254 e. The van der Waals surface area contributed by atoms with E-state index in [1.54, 1.807) is 19.1 Å². The van der Waals surface area contributed by atoms with Crippen LogP contribution >= 0.6 is 0 Å². The fourth-order valence-corrected chi connectivity index (χ4v) is 2.76. The van der Waals surface area contributed by atoms with Gasteiger partial charge in [-0.15, -0.1) is 0 Å². The molecular formula is C15H21FN2O. The summed E-state index contributed by atoms with van der Waals surface area (Å²) in [5.74, 6) is -0.323. The van der Waals surface area contributed by atoms with Gasteiger partial charge < -0.3 is 10.6 Å². The van der Waals surface area contributed by atoms with E-state index < -0.39 is 0 Å². The quantitative estimate of drug-likeness (QED) is 0.847. The molecule has 1 aromatic rings. The Balaban J connectivity index is 2.26. The van der Waals surface area contributed by atoms with Gasteiger partial charge in [-0.1, -0.05) is 0 Å². The SMILES string of the molecule is Cc1cc(C(=O)N2CCC(N)CC2(C)C)ccc1F. The van der Waals surface area contributed by atoms with Gasteiger partial charge in [-0.2, -0.15) is 0 Å². The van der Waals surface area contributed by atoms with Crippen molar-refractivity contribution in [2.45, 2.75) is 45.2 Å². The van der Waals surface area contributed by atoms with Crippen molar-refractivity contribution in [3.05, 3.63) is 35.1 Å². The van der Waals surface area contributed by atoms with E-state index in [2.05, 4.69) is 0 Å². The molecule has 1 saturated heterocycles. The van der Waals surface area contributed by atoms with Crippen LogP contribution in [0.2, 0.25) is 0 Å². The summed E-state index contributed by atoms with van der Waals surface area (Å²) < 4.78 is 13.3. The lowest BCUT2D eigenvalue weighted by Crippen LogP contribution is -2.55. The van der Waals surface area contributed by atoms with Crippen LogP contribution in [0.1, 0.15) is 42.6 Å². The number of amides is 1. The Hall–Kier alpha value is -1.42. The van der Waals surface area contributed by atoms with Crippen LogP contribution in [0, 0.1) is 12.7 Å². The van der Waals surface area contributed by atoms with E-state index in [1.165, 1.54) is 6.07 Å². The zero-order valence-electron chi connectivity index (χ0n) is 11.7. The summed E-state index contributed by atoms with van der Waals surface area (Å²) in [7, 11) is 0. The fourth-order valence-electron chi connectivity index (χ4n) is 2.76. The Bertz CT molecular complexity index is 499. The van der Waals surface area contributed by atoms with Crippen molar-refractivity contribution in [3.63, 3.8) is 0 Å². The molecule has 1 atom stereocenters. The lowest BCUT2D eigenvalue weighted by atomic mass is 9.87. The monoisotopic (exact) mass is 264 g/mol. The first-order valence-corrected chi connectivity index (χ1v) is 6.65. The molecular weight excluding hydrogens is 243 g/mol. The van der Waals surface area contributed by atoms with Crippen LogP contribution in [0.4, 0.5) is 4.39 Å². The van der Waals surface area contributed by atoms with Crippen LogP contribution in [0.15, 0.2) is 18.2 Å². The van der Waals surface area contributed by atoms with Gasteiger partial charge in [0.15, 0.2) is 0 Å². The highest BCUT2D eigenvalue weighted by Gasteiger charge is 2.36. The van der Waals surface area contributed by atoms with Crippen molar-refractivity contribution in [1.29, 1.82) is 0 Å². The molecule has 1 fully saturated rings. The Kier molecular flexibility index (Phi) is 3.63. The highest BCUT2D eigenvalue weighted by molar-refractivity contribution is 5.95. The van der Waals surface area contributed by atoms with Gasteiger partial charge in [0.05, 0.1) is 0 Å². The molecule has 1 aliphatic heterocycles. The Morgan fingerprint density at radius 2 is 2.16 bits per heavy atom. The van der Waals surface area contributed by atoms with Gasteiger partial charge in [-0.05, 0) is 57.4 Å². The molecule has 4 heteroatoms. The maximum atomic E-state index is 13.3. The predicted molar refractivity (Wildman–Crippen MR) is 73.5 cm³/mol. The average Bonchev–Trinajstić information content (AvgIpc) is 2.30. The van der Waals surface area contributed by atoms with Crippen LogP contribution in [0.3, 0.4) is 0 Å². The van der Waals surface area contributed by atoms with Crippen LogP contribution in [-0.2, 0) is 0 Å². The summed E-state index contributed by atoms with van der Waals surface area (Å²) in [5.41, 5.74) is 6.76. The van der Waals surface area contributed by atoms with E-state index in [9.17, 15) is 9.18 Å². The molecule has 104 valence electrons. The van der Waals surface area contributed by atoms with Crippen LogP contribution < -0.4 is 5.73 Å². The number of carbonyl (C=O) groups excluding carboxylic acids is 1. The van der Waals surface area contributed by atoms with E-state index in [0.717, 1.165) is 12.8 Å². The molecule has 1 aliphatic rings. The van der Waals surface area contributed by atoms with Gasteiger partial charge in [-0.25, -0.2) is 4.39 Å². The van der Waals surface area contributed by atoms with Gasteiger partial charge >= 0.3 is 0 Å². The fraction of sp³-hybridized carbons (Fsp3) is 0.533. The number of aryl methyl sites for hydroxylation is 1. The van der Waals surface area contributed by atoms with Gasteiger partial charge in [-0.3, -0.25) is 4.79 Å². The molecule has 1 amide bonds. The minimum Gasteiger partial charge on any atom is -0.333 e. The number of benzene rings is 1. The Morgan fingerprint density at radius 1 is 1.47 bits per heavy atom. The van der Waals surface area contributed by atoms with E-state index in [4.69, 9.17) is 5.73 Å². The second-order valence-electron chi connectivity index (χ2n) is 5.99. The predicted octanol–water partition coefficient (Wildman–Crippen LogP) is 2.48. The van der Waals surface area contributed by atoms with Gasteiger partial charge in [0, 0.05) is 23.7 Å². The molecule has 0 spiro atoms. The minimum absolute atomic E-state index is 0.0417. The summed E-state index contributed by atoms with van der Waals surface area (Å²) in [4.78, 5) is 14.4. The first-order valence-electron chi connectivity index (χ1n) is 6.65. The highest BCUT2D eigenvalue weighted by Crippen LogP contribution is 2.28. The third-order valence-electron chi connectivity index (χ3n) is 3.87. The van der Waals surface area contributed by atoms with Crippen molar-refractivity contribution in [3.8, 4) is 0 Å². The number of hydrogen-bond acceptors (Lipinski definition) is 2. The van der Waals surface area contributed by atoms with E-state index in [0.29, 0.717) is 17.7 Å². The number of nitrogens with two attached hydrogens (primary N) is 1. The van der Waals surface area contributed by atoms with E-state index in [-0.39, 0.29) is 23.3 Å². The van der Waals surface area contributed by atoms with Gasteiger partial charge in [0.1, 0.15) is 5.82 Å². The van der Waals surface area contributed by atoms with Gasteiger partial charge in [0.2, 0.25) is 0 Å². The number of likely N-dealkylation sites (tertiary alicyclic amines) is 1. The maximum absolute atomic E-state index is 13.3. The van der Waals surface area contributed by atoms with Crippen molar-refractivity contribution >= 4 is 5.91 Å². The summed E-state index contributed by atoms with van der Waals surface area (Å²) in [6.07, 6.45) is 1.61. The van der Waals surface area contributed by atoms with Crippen LogP contribution in [-0.4, -0.2) is 28.9 Å². The van der Waals surface area contributed by atoms with Crippen LogP contribution in [0.5, 0.6) is 0 Å². The van der Waals surface area contributed by atoms with Crippen LogP contribution in [0.25, 0.3) is 0 Å². The number of rotatable bonds is 1. The Morgan fingerprint density at radius 3 is 2.74 bits per heavy atom. The first kappa shape index (κ1) is 14.0. The number of halogens is 1. The summed E-state index contributed by atoms with van der Waals surface area (Å²) >= 11 is 0. The lowest BCUT2D eigenvalue weighted by Gasteiger charge is -2.44. The van der Waals surface area contributed by atoms with E-state index >= 15 is 0 Å². The molecule has 2 rings (SSSR count). The lowest BCUT2D eigenvalue weighted by molar-refractivity contribution is 0.0400. The summed E-state index contributed by atoms with van der Waals surface area (Å²) in [6, 6.07) is 4.66. The highest BCUT2D eigenvalue weighted by atomic mass is 19.1. The summed E-state index contributed by atoms with van der Waals surface area (Å²) in [5, 5.41) is 0. The summed E-state index contributed by atoms with van der Waals surface area (Å²) in [6.45, 7) is 6.38. The third-order valence-corrected chi connectivity index (χ3v) is 3.87. The largest absolute Gasteiger partial charge is 0.333 e. The van der Waals surface area contributed by atoms with Crippen molar-refractivity contribution in [2.24, 2.45) is 5.73 Å². The molecule has 1 heterocycles. The Labute approximate surface area is 113 Å². The molecule has 0 aliphatic carbocycles. The van der Waals surface area contributed by atoms with Crippen molar-refractivity contribution < 1.29 is 9.18 Å². The molecule has 3 nitrogen and oxygen atoms in total. The number of hydrogen-bond donors (Lipinski definition) is 1. The second-order valence-corrected chi connectivity index (χ2v) is 5.99. The average molecular weight is 264 g/mol. The van der Waals surface area contributed by atoms with Crippen molar-refractivity contribution in [1.82, 2.24) is 4.90 Å². The number of carbonyl (C=O) groups is 1. The normalized spacial score (nSPS) is 22.4. The zero-order chi connectivity index (χ0) is 14.2. The second kappa shape index (κ2) is 4.93. The molecule has 0 radical (unpaired) electrons. The third kappa shape index (κ3) is 2.78. The number of piperidine rings is 1. The topological polar surface area (TPSA) is 46.3 Å². The van der Waals surface area contributed by atoms with Gasteiger partial charge in [0.25, 0.3) is 5.91 Å². The molecule has 19 heavy (non-hydrogen) atoms. The zero-order valence-corrected chi connectivity index (χ0v) is 11.7. The first-order chi connectivity index (χ1) is 8.81.